The molecule has 0 saturated carbocycles. The van der Waals surface area contributed by atoms with Crippen molar-refractivity contribution < 1.29 is 9.59 Å². The molecule has 0 aliphatic carbocycles. The second-order valence-corrected chi connectivity index (χ2v) is 1.75. The Hall–Kier alpha value is -1.58. The first-order valence-corrected chi connectivity index (χ1v) is 3.03. The van der Waals surface area contributed by atoms with E-state index >= 15 is 0 Å². The summed E-state index contributed by atoms with van der Waals surface area (Å²) in [6.45, 7) is 3.53. The standard InChI is InChI=1S/C7H10N2O2/c1-2-7(11)9-5-3-4-6(8)10/h2-4H,1,5H2,(H2,8,10)(H,9,11). The summed E-state index contributed by atoms with van der Waals surface area (Å²) in [7, 11) is 0. The molecule has 0 saturated heterocycles. The van der Waals surface area contributed by atoms with Crippen molar-refractivity contribution in [1.82, 2.24) is 5.32 Å². The van der Waals surface area contributed by atoms with Crippen molar-refractivity contribution >= 4 is 11.8 Å². The lowest BCUT2D eigenvalue weighted by Gasteiger charge is -1.93. The van der Waals surface area contributed by atoms with Crippen LogP contribution in [-0.2, 0) is 9.59 Å². The first-order chi connectivity index (χ1) is 5.16. The zero-order chi connectivity index (χ0) is 8.69. The molecule has 0 aromatic heterocycles. The minimum absolute atomic E-state index is 0.279. The molecule has 3 N–H and O–H groups in total. The largest absolute Gasteiger partial charge is 0.366 e. The molecule has 11 heavy (non-hydrogen) atoms. The second kappa shape index (κ2) is 5.22. The Balaban J connectivity index is 3.49. The molecule has 4 heteroatoms. The lowest BCUT2D eigenvalue weighted by molar-refractivity contribution is -0.116. The summed E-state index contributed by atoms with van der Waals surface area (Å²) in [5, 5.41) is 2.44. The molecule has 0 aliphatic rings. The van der Waals surface area contributed by atoms with Gasteiger partial charge < -0.3 is 11.1 Å². The predicted octanol–water partition coefficient (Wildman–Crippen LogP) is -0.670. The molecular formula is C7H10N2O2. The van der Waals surface area contributed by atoms with Gasteiger partial charge in [0.2, 0.25) is 11.8 Å². The van der Waals surface area contributed by atoms with Crippen LogP contribution in [0.25, 0.3) is 0 Å². The molecule has 0 rings (SSSR count). The molecule has 0 bridgehead atoms. The van der Waals surface area contributed by atoms with Crippen molar-refractivity contribution in [3.63, 3.8) is 0 Å². The molecule has 0 unspecified atom stereocenters. The second-order valence-electron chi connectivity index (χ2n) is 1.75. The molecule has 0 aliphatic heterocycles. The smallest absolute Gasteiger partial charge is 0.243 e. The van der Waals surface area contributed by atoms with Gasteiger partial charge in [-0.2, -0.15) is 0 Å². The third-order valence-corrected chi connectivity index (χ3v) is 0.862. The van der Waals surface area contributed by atoms with Gasteiger partial charge in [-0.1, -0.05) is 12.7 Å². The highest BCUT2D eigenvalue weighted by Crippen LogP contribution is 1.70. The Labute approximate surface area is 64.8 Å². The van der Waals surface area contributed by atoms with Gasteiger partial charge in [-0.25, -0.2) is 0 Å². The number of amides is 2. The lowest BCUT2D eigenvalue weighted by Crippen LogP contribution is -2.20. The van der Waals surface area contributed by atoms with Gasteiger partial charge in [0.25, 0.3) is 0 Å². The van der Waals surface area contributed by atoms with Crippen molar-refractivity contribution in [2.75, 3.05) is 6.54 Å². The molecule has 0 fully saturated rings. The third-order valence-electron chi connectivity index (χ3n) is 0.862. The van der Waals surface area contributed by atoms with Crippen LogP contribution in [0.4, 0.5) is 0 Å². The minimum Gasteiger partial charge on any atom is -0.366 e. The van der Waals surface area contributed by atoms with E-state index in [1.54, 1.807) is 0 Å². The molecule has 60 valence electrons. The number of hydrogen-bond acceptors (Lipinski definition) is 2. The maximum Gasteiger partial charge on any atom is 0.243 e. The van der Waals surface area contributed by atoms with Crippen LogP contribution < -0.4 is 11.1 Å². The molecule has 0 spiro atoms. The number of rotatable bonds is 4. The quantitative estimate of drug-likeness (QED) is 0.527. The summed E-state index contributed by atoms with van der Waals surface area (Å²) in [4.78, 5) is 20.6. The van der Waals surface area contributed by atoms with Gasteiger partial charge in [-0.3, -0.25) is 9.59 Å². The molecule has 0 aromatic rings. The maximum atomic E-state index is 10.5. The first kappa shape index (κ1) is 9.42. The Morgan fingerprint density at radius 2 is 2.18 bits per heavy atom. The fraction of sp³-hybridized carbons (Fsp3) is 0.143. The fourth-order valence-corrected chi connectivity index (χ4v) is 0.407. The molecule has 4 nitrogen and oxygen atoms in total. The number of carbonyl (C=O) groups is 2. The number of nitrogens with two attached hydrogens (primary N) is 1. The van der Waals surface area contributed by atoms with Crippen molar-refractivity contribution in [3.8, 4) is 0 Å². The molecule has 0 atom stereocenters. The van der Waals surface area contributed by atoms with Gasteiger partial charge in [-0.05, 0) is 6.08 Å². The Bertz CT molecular complexity index is 197. The summed E-state index contributed by atoms with van der Waals surface area (Å²) in [5.74, 6) is -0.808. The van der Waals surface area contributed by atoms with Gasteiger partial charge in [0, 0.05) is 12.6 Å². The van der Waals surface area contributed by atoms with Crippen LogP contribution in [0.15, 0.2) is 24.8 Å². The fourth-order valence-electron chi connectivity index (χ4n) is 0.407. The lowest BCUT2D eigenvalue weighted by atomic mass is 10.4. The number of carbonyl (C=O) groups excluding carboxylic acids is 2. The van der Waals surface area contributed by atoms with E-state index in [1.165, 1.54) is 12.2 Å². The summed E-state index contributed by atoms with van der Waals surface area (Å²) >= 11 is 0. The summed E-state index contributed by atoms with van der Waals surface area (Å²) in [5.41, 5.74) is 4.78. The van der Waals surface area contributed by atoms with E-state index < -0.39 is 5.91 Å². The van der Waals surface area contributed by atoms with Gasteiger partial charge in [0.05, 0.1) is 0 Å². The zero-order valence-electron chi connectivity index (χ0n) is 6.04. The highest BCUT2D eigenvalue weighted by Gasteiger charge is 1.88. The third kappa shape index (κ3) is 6.30. The maximum absolute atomic E-state index is 10.5. The predicted molar refractivity (Wildman–Crippen MR) is 41.5 cm³/mol. The van der Waals surface area contributed by atoms with Gasteiger partial charge in [0.15, 0.2) is 0 Å². The van der Waals surface area contributed by atoms with E-state index in [-0.39, 0.29) is 12.5 Å². The van der Waals surface area contributed by atoms with Crippen LogP contribution in [0, 0.1) is 0 Å². The van der Waals surface area contributed by atoms with Gasteiger partial charge >= 0.3 is 0 Å². The normalized spacial score (nSPS) is 9.45. The van der Waals surface area contributed by atoms with Gasteiger partial charge in [-0.15, -0.1) is 0 Å². The topological polar surface area (TPSA) is 72.2 Å². The highest BCUT2D eigenvalue weighted by atomic mass is 16.1. The van der Waals surface area contributed by atoms with Gasteiger partial charge in [0.1, 0.15) is 0 Å². The van der Waals surface area contributed by atoms with Crippen LogP contribution in [0.3, 0.4) is 0 Å². The van der Waals surface area contributed by atoms with Crippen molar-refractivity contribution in [1.29, 1.82) is 0 Å². The summed E-state index contributed by atoms with van der Waals surface area (Å²) in [6.07, 6.45) is 3.80. The molecular weight excluding hydrogens is 144 g/mol. The molecule has 0 heterocycles. The SMILES string of the molecule is C=CC(=O)NCC=CC(N)=O. The van der Waals surface area contributed by atoms with Crippen LogP contribution in [-0.4, -0.2) is 18.4 Å². The average Bonchev–Trinajstić information content (AvgIpc) is 1.97. The number of nitrogens with one attached hydrogen (secondary N) is 1. The number of hydrogen-bond donors (Lipinski definition) is 2. The van der Waals surface area contributed by atoms with Crippen LogP contribution in [0.2, 0.25) is 0 Å². The zero-order valence-corrected chi connectivity index (χ0v) is 6.04. The molecule has 0 aromatic carbocycles. The first-order valence-electron chi connectivity index (χ1n) is 3.03. The molecule has 2 amide bonds. The molecule has 0 radical (unpaired) electrons. The van der Waals surface area contributed by atoms with Crippen molar-refractivity contribution in [3.05, 3.63) is 24.8 Å². The van der Waals surface area contributed by atoms with Crippen LogP contribution in [0.5, 0.6) is 0 Å². The average molecular weight is 154 g/mol. The van der Waals surface area contributed by atoms with Crippen molar-refractivity contribution in [2.45, 2.75) is 0 Å². The van der Waals surface area contributed by atoms with E-state index in [0.29, 0.717) is 0 Å². The number of primary amides is 1. The van der Waals surface area contributed by atoms with E-state index in [2.05, 4.69) is 11.9 Å². The van der Waals surface area contributed by atoms with Crippen LogP contribution >= 0.6 is 0 Å². The van der Waals surface area contributed by atoms with E-state index in [1.807, 2.05) is 0 Å². The Morgan fingerprint density at radius 3 is 2.64 bits per heavy atom. The van der Waals surface area contributed by atoms with Crippen LogP contribution in [0.1, 0.15) is 0 Å². The van der Waals surface area contributed by atoms with E-state index in [9.17, 15) is 9.59 Å². The van der Waals surface area contributed by atoms with E-state index in [0.717, 1.165) is 6.08 Å². The highest BCUT2D eigenvalue weighted by molar-refractivity contribution is 5.87. The summed E-state index contributed by atoms with van der Waals surface area (Å²) < 4.78 is 0. The van der Waals surface area contributed by atoms with E-state index in [4.69, 9.17) is 5.73 Å². The van der Waals surface area contributed by atoms with Crippen molar-refractivity contribution in [2.24, 2.45) is 5.73 Å². The summed E-state index contributed by atoms with van der Waals surface area (Å²) in [6, 6.07) is 0. The monoisotopic (exact) mass is 154 g/mol. The Kier molecular flexibility index (Phi) is 4.47. The Morgan fingerprint density at radius 1 is 1.55 bits per heavy atom. The minimum atomic E-state index is -0.530.